The summed E-state index contributed by atoms with van der Waals surface area (Å²) in [4.78, 5) is 25.1. The predicted molar refractivity (Wildman–Crippen MR) is 159 cm³/mol. The molecule has 0 aromatic heterocycles. The molecule has 2 amide bonds. The molecule has 3 atom stereocenters. The number of carboxylic acid groups (broad SMARTS) is 1. The third-order valence-corrected chi connectivity index (χ3v) is 7.40. The molecule has 40 heavy (non-hydrogen) atoms. The lowest BCUT2D eigenvalue weighted by molar-refractivity contribution is -0.156. The topological polar surface area (TPSA) is 96.9 Å². The molecule has 0 fully saturated rings. The molecule has 0 radical (unpaired) electrons. The van der Waals surface area contributed by atoms with E-state index in [9.17, 15) is 14.7 Å². The van der Waals surface area contributed by atoms with Crippen molar-refractivity contribution in [2.75, 3.05) is 13.2 Å². The van der Waals surface area contributed by atoms with E-state index >= 15 is 0 Å². The monoisotopic (exact) mass is 552 g/mol. The number of hydrogen-bond donors (Lipinski definition) is 3. The van der Waals surface area contributed by atoms with E-state index in [1.54, 1.807) is 0 Å². The van der Waals surface area contributed by atoms with Crippen LogP contribution in [-0.2, 0) is 20.7 Å². The molecule has 7 nitrogen and oxygen atoms in total. The van der Waals surface area contributed by atoms with Gasteiger partial charge in [-0.05, 0) is 100.0 Å². The lowest BCUT2D eigenvalue weighted by atomic mass is 9.78. The van der Waals surface area contributed by atoms with Gasteiger partial charge in [0.15, 0.2) is 6.10 Å². The third kappa shape index (κ3) is 9.26. The summed E-state index contributed by atoms with van der Waals surface area (Å²) < 4.78 is 12.1. The van der Waals surface area contributed by atoms with Gasteiger partial charge in [-0.1, -0.05) is 50.3 Å². The summed E-state index contributed by atoms with van der Waals surface area (Å²) in [6, 6.07) is 9.78. The van der Waals surface area contributed by atoms with E-state index < -0.39 is 17.7 Å². The Balaban J connectivity index is 1.81. The fraction of sp³-hybridized carbons (Fsp3) is 0.576. The van der Waals surface area contributed by atoms with Crippen molar-refractivity contribution in [3.8, 4) is 0 Å². The van der Waals surface area contributed by atoms with Crippen LogP contribution in [0.5, 0.6) is 0 Å². The van der Waals surface area contributed by atoms with Gasteiger partial charge in [0, 0.05) is 19.0 Å². The first-order chi connectivity index (χ1) is 19.0. The average Bonchev–Trinajstić information content (AvgIpc) is 2.90. The van der Waals surface area contributed by atoms with Crippen molar-refractivity contribution < 1.29 is 24.2 Å². The highest BCUT2D eigenvalue weighted by molar-refractivity contribution is 5.77. The first kappa shape index (κ1) is 31.5. The summed E-state index contributed by atoms with van der Waals surface area (Å²) in [7, 11) is 0. The molecule has 1 heterocycles. The maximum Gasteiger partial charge on any atom is 0.337 e. The van der Waals surface area contributed by atoms with Crippen LogP contribution in [0.15, 0.2) is 64.5 Å². The Morgan fingerprint density at radius 1 is 1.10 bits per heavy atom. The van der Waals surface area contributed by atoms with Crippen molar-refractivity contribution >= 4 is 12.0 Å². The highest BCUT2D eigenvalue weighted by atomic mass is 16.5. The van der Waals surface area contributed by atoms with E-state index in [2.05, 4.69) is 35.8 Å². The summed E-state index contributed by atoms with van der Waals surface area (Å²) in [5, 5.41) is 16.3. The molecule has 220 valence electrons. The molecule has 3 rings (SSSR count). The van der Waals surface area contributed by atoms with Gasteiger partial charge in [-0.3, -0.25) is 0 Å². The SMILES string of the molecule is CC/C(=C(/C1=CC2=C(CC1)OCCC2)C(C)CC(C)NC(=O)NCCc1ccccc1)C(OC(C)(C)C)C(=O)O. The van der Waals surface area contributed by atoms with Crippen molar-refractivity contribution in [1.82, 2.24) is 10.6 Å². The number of amides is 2. The van der Waals surface area contributed by atoms with Crippen LogP contribution in [0.2, 0.25) is 0 Å². The number of nitrogens with one attached hydrogen (secondary N) is 2. The van der Waals surface area contributed by atoms with Gasteiger partial charge in [0.1, 0.15) is 0 Å². The molecule has 1 aliphatic carbocycles. The maximum atomic E-state index is 12.6. The van der Waals surface area contributed by atoms with Crippen LogP contribution in [0, 0.1) is 5.92 Å². The number of carbonyl (C=O) groups is 2. The number of benzene rings is 1. The molecule has 2 aliphatic rings. The van der Waals surface area contributed by atoms with E-state index in [4.69, 9.17) is 9.47 Å². The van der Waals surface area contributed by atoms with Gasteiger partial charge in [0.2, 0.25) is 0 Å². The standard InChI is InChI=1S/C33H48N2O5/c1-7-27(30(31(36)37)40-33(4,5)6)29(26-15-16-28-25(21-26)14-11-19-39-28)22(2)20-23(3)35-32(38)34-18-17-24-12-9-8-10-13-24/h8-10,12-13,21-23,30H,7,11,14-20H2,1-6H3,(H,36,37)(H2,34,35,38)/b29-27-. The number of urea groups is 1. The second-order valence-corrected chi connectivity index (χ2v) is 12.0. The fourth-order valence-electron chi connectivity index (χ4n) is 5.75. The van der Waals surface area contributed by atoms with E-state index in [1.165, 1.54) is 11.1 Å². The lowest BCUT2D eigenvalue weighted by Gasteiger charge is -2.33. The molecule has 0 bridgehead atoms. The molecule has 7 heteroatoms. The van der Waals surface area contributed by atoms with Crippen molar-refractivity contribution in [3.05, 3.63) is 70.0 Å². The van der Waals surface area contributed by atoms with Gasteiger partial charge < -0.3 is 25.2 Å². The van der Waals surface area contributed by atoms with E-state index in [0.717, 1.165) is 61.2 Å². The molecule has 1 aliphatic heterocycles. The van der Waals surface area contributed by atoms with Crippen molar-refractivity contribution in [3.63, 3.8) is 0 Å². The van der Waals surface area contributed by atoms with E-state index in [0.29, 0.717) is 19.4 Å². The van der Waals surface area contributed by atoms with Crippen LogP contribution in [0.4, 0.5) is 4.79 Å². The smallest absolute Gasteiger partial charge is 0.337 e. The minimum atomic E-state index is -1.04. The fourth-order valence-corrected chi connectivity index (χ4v) is 5.75. The molecule has 0 saturated heterocycles. The van der Waals surface area contributed by atoms with Crippen LogP contribution in [0.1, 0.15) is 85.6 Å². The molecule has 1 aromatic rings. The Kier molecular flexibility index (Phi) is 11.4. The Morgan fingerprint density at radius 2 is 1.82 bits per heavy atom. The van der Waals surface area contributed by atoms with Gasteiger partial charge >= 0.3 is 12.0 Å². The Hall–Kier alpha value is -3.06. The summed E-state index contributed by atoms with van der Waals surface area (Å²) in [6.45, 7) is 13.1. The molecular formula is C33H48N2O5. The minimum Gasteiger partial charge on any atom is -0.498 e. The minimum absolute atomic E-state index is 0.0119. The molecule has 3 unspecified atom stereocenters. The summed E-state index contributed by atoms with van der Waals surface area (Å²) in [6.07, 6.45) is 6.78. The van der Waals surface area contributed by atoms with Crippen molar-refractivity contribution in [2.45, 2.75) is 104 Å². The van der Waals surface area contributed by atoms with Gasteiger partial charge in [0.25, 0.3) is 0 Å². The van der Waals surface area contributed by atoms with Crippen LogP contribution in [-0.4, -0.2) is 48.0 Å². The number of carbonyl (C=O) groups excluding carboxylic acids is 1. The zero-order valence-corrected chi connectivity index (χ0v) is 25.1. The normalized spacial score (nSPS) is 18.4. The van der Waals surface area contributed by atoms with Crippen LogP contribution in [0.25, 0.3) is 0 Å². The number of ether oxygens (including phenoxy) is 2. The maximum absolute atomic E-state index is 12.6. The highest BCUT2D eigenvalue weighted by Gasteiger charge is 2.33. The third-order valence-electron chi connectivity index (χ3n) is 7.40. The predicted octanol–water partition coefficient (Wildman–Crippen LogP) is 6.70. The van der Waals surface area contributed by atoms with E-state index in [1.807, 2.05) is 52.8 Å². The van der Waals surface area contributed by atoms with Gasteiger partial charge in [-0.15, -0.1) is 0 Å². The Labute approximate surface area is 240 Å². The molecule has 0 spiro atoms. The van der Waals surface area contributed by atoms with Gasteiger partial charge in [0.05, 0.1) is 18.0 Å². The van der Waals surface area contributed by atoms with Crippen LogP contribution >= 0.6 is 0 Å². The molecular weight excluding hydrogens is 504 g/mol. The highest BCUT2D eigenvalue weighted by Crippen LogP contribution is 2.40. The quantitative estimate of drug-likeness (QED) is 0.268. The van der Waals surface area contributed by atoms with Gasteiger partial charge in [-0.25, -0.2) is 9.59 Å². The number of hydrogen-bond acceptors (Lipinski definition) is 4. The second kappa shape index (κ2) is 14.5. The zero-order chi connectivity index (χ0) is 29.3. The zero-order valence-electron chi connectivity index (χ0n) is 25.1. The van der Waals surface area contributed by atoms with E-state index in [-0.39, 0.29) is 18.0 Å². The lowest BCUT2D eigenvalue weighted by Crippen LogP contribution is -2.42. The van der Waals surface area contributed by atoms with Crippen LogP contribution in [0.3, 0.4) is 0 Å². The number of carboxylic acids is 1. The van der Waals surface area contributed by atoms with Crippen LogP contribution < -0.4 is 10.6 Å². The molecule has 1 aromatic carbocycles. The Morgan fingerprint density at radius 3 is 2.48 bits per heavy atom. The van der Waals surface area contributed by atoms with Gasteiger partial charge in [-0.2, -0.15) is 0 Å². The number of rotatable bonds is 12. The summed E-state index contributed by atoms with van der Waals surface area (Å²) >= 11 is 0. The largest absolute Gasteiger partial charge is 0.498 e. The summed E-state index contributed by atoms with van der Waals surface area (Å²) in [5.41, 5.74) is 4.81. The first-order valence-corrected chi connectivity index (χ1v) is 14.8. The number of allylic oxidation sites excluding steroid dienone is 5. The average molecular weight is 553 g/mol. The second-order valence-electron chi connectivity index (χ2n) is 12.0. The first-order valence-electron chi connectivity index (χ1n) is 14.8. The molecule has 3 N–H and O–H groups in total. The van der Waals surface area contributed by atoms with Crippen molar-refractivity contribution in [1.29, 1.82) is 0 Å². The Bertz CT molecular complexity index is 1110. The molecule has 0 saturated carbocycles. The number of aliphatic carboxylic acids is 1. The van der Waals surface area contributed by atoms with Crippen molar-refractivity contribution in [2.24, 2.45) is 5.92 Å². The summed E-state index contributed by atoms with van der Waals surface area (Å²) in [5.74, 6) is 0.110.